The van der Waals surface area contributed by atoms with Gasteiger partial charge in [0.2, 0.25) is 0 Å². The smallest absolute Gasteiger partial charge is 0.132 e. The average Bonchev–Trinajstić information content (AvgIpc) is 2.49. The zero-order valence-electron chi connectivity index (χ0n) is 9.99. The second-order valence-corrected chi connectivity index (χ2v) is 4.10. The molecule has 0 bridgehead atoms. The van der Waals surface area contributed by atoms with E-state index in [-0.39, 0.29) is 0 Å². The van der Waals surface area contributed by atoms with E-state index < -0.39 is 0 Å². The van der Waals surface area contributed by atoms with E-state index >= 15 is 0 Å². The molecular weight excluding hydrogens is 228 g/mol. The van der Waals surface area contributed by atoms with Crippen LogP contribution in [0, 0.1) is 0 Å². The van der Waals surface area contributed by atoms with Gasteiger partial charge in [0.25, 0.3) is 0 Å². The van der Waals surface area contributed by atoms with Crippen molar-refractivity contribution in [1.29, 1.82) is 0 Å². The molecule has 1 saturated heterocycles. The van der Waals surface area contributed by atoms with Gasteiger partial charge in [0.1, 0.15) is 12.1 Å². The Balaban J connectivity index is 1.89. The Morgan fingerprint density at radius 3 is 2.83 bits per heavy atom. The second-order valence-electron chi connectivity index (χ2n) is 4.10. The number of pyridine rings is 1. The maximum absolute atomic E-state index is 5.34. The number of ether oxygens (including phenoxy) is 1. The van der Waals surface area contributed by atoms with E-state index in [0.717, 1.165) is 43.4 Å². The first-order valence-electron chi connectivity index (χ1n) is 5.98. The summed E-state index contributed by atoms with van der Waals surface area (Å²) in [5.41, 5.74) is 1.91. The Bertz CT molecular complexity index is 511. The topological polar surface area (TPSA) is 51.1 Å². The van der Waals surface area contributed by atoms with Crippen LogP contribution in [0.2, 0.25) is 0 Å². The monoisotopic (exact) mass is 242 g/mol. The predicted octanol–water partition coefficient (Wildman–Crippen LogP) is 1.38. The Labute approximate surface area is 105 Å². The molecule has 3 rings (SSSR count). The molecule has 0 amide bonds. The van der Waals surface area contributed by atoms with Gasteiger partial charge in [-0.2, -0.15) is 0 Å². The molecule has 0 aromatic carbocycles. The lowest BCUT2D eigenvalue weighted by molar-refractivity contribution is 0.122. The van der Waals surface area contributed by atoms with Crippen LogP contribution in [0.25, 0.3) is 11.3 Å². The van der Waals surface area contributed by atoms with Crippen LogP contribution in [0.5, 0.6) is 0 Å². The van der Waals surface area contributed by atoms with Gasteiger partial charge in [-0.25, -0.2) is 9.97 Å². The summed E-state index contributed by atoms with van der Waals surface area (Å²) in [7, 11) is 0. The molecule has 0 saturated carbocycles. The van der Waals surface area contributed by atoms with Crippen LogP contribution in [-0.4, -0.2) is 41.3 Å². The highest BCUT2D eigenvalue weighted by molar-refractivity contribution is 5.61. The summed E-state index contributed by atoms with van der Waals surface area (Å²) in [5, 5.41) is 0. The third-order valence-electron chi connectivity index (χ3n) is 2.95. The van der Waals surface area contributed by atoms with E-state index in [1.54, 1.807) is 12.5 Å². The maximum atomic E-state index is 5.34. The highest BCUT2D eigenvalue weighted by Gasteiger charge is 2.13. The fourth-order valence-electron chi connectivity index (χ4n) is 1.98. The van der Waals surface area contributed by atoms with Crippen LogP contribution in [0.15, 0.2) is 36.9 Å². The van der Waals surface area contributed by atoms with Crippen LogP contribution in [0.1, 0.15) is 0 Å². The van der Waals surface area contributed by atoms with Gasteiger partial charge >= 0.3 is 0 Å². The number of rotatable bonds is 2. The largest absolute Gasteiger partial charge is 0.378 e. The van der Waals surface area contributed by atoms with Gasteiger partial charge in [0, 0.05) is 37.1 Å². The molecule has 1 aliphatic rings. The number of hydrogen-bond donors (Lipinski definition) is 0. The Morgan fingerprint density at radius 2 is 2.06 bits per heavy atom. The van der Waals surface area contributed by atoms with Gasteiger partial charge in [0.15, 0.2) is 0 Å². The van der Waals surface area contributed by atoms with Gasteiger partial charge in [-0.3, -0.25) is 4.98 Å². The molecule has 18 heavy (non-hydrogen) atoms. The van der Waals surface area contributed by atoms with Gasteiger partial charge in [-0.1, -0.05) is 0 Å². The Morgan fingerprint density at radius 1 is 1.17 bits per heavy atom. The predicted molar refractivity (Wildman–Crippen MR) is 68.3 cm³/mol. The van der Waals surface area contributed by atoms with Crippen LogP contribution < -0.4 is 4.90 Å². The number of morpholine rings is 1. The lowest BCUT2D eigenvalue weighted by Gasteiger charge is -2.27. The summed E-state index contributed by atoms with van der Waals surface area (Å²) in [6.45, 7) is 3.27. The average molecular weight is 242 g/mol. The molecule has 0 aliphatic carbocycles. The number of hydrogen-bond acceptors (Lipinski definition) is 5. The third-order valence-corrected chi connectivity index (χ3v) is 2.95. The Hall–Kier alpha value is -2.01. The van der Waals surface area contributed by atoms with Crippen molar-refractivity contribution in [1.82, 2.24) is 15.0 Å². The zero-order chi connectivity index (χ0) is 12.2. The minimum absolute atomic E-state index is 0.756. The van der Waals surface area contributed by atoms with Crippen LogP contribution in [0.4, 0.5) is 5.82 Å². The van der Waals surface area contributed by atoms with Crippen LogP contribution in [-0.2, 0) is 4.74 Å². The minimum Gasteiger partial charge on any atom is -0.378 e. The van der Waals surface area contributed by atoms with Crippen LogP contribution >= 0.6 is 0 Å². The molecule has 0 N–H and O–H groups in total. The van der Waals surface area contributed by atoms with Crippen LogP contribution in [0.3, 0.4) is 0 Å². The van der Waals surface area contributed by atoms with Crippen molar-refractivity contribution < 1.29 is 4.74 Å². The molecule has 3 heterocycles. The molecule has 0 spiro atoms. The highest BCUT2D eigenvalue weighted by Crippen LogP contribution is 2.20. The van der Waals surface area contributed by atoms with Crippen molar-refractivity contribution in [3.05, 3.63) is 36.9 Å². The first kappa shape index (κ1) is 11.1. The molecule has 1 fully saturated rings. The normalized spacial score (nSPS) is 15.7. The van der Waals surface area contributed by atoms with Crippen molar-refractivity contribution in [2.75, 3.05) is 31.2 Å². The molecule has 92 valence electrons. The summed E-state index contributed by atoms with van der Waals surface area (Å²) in [6, 6.07) is 5.91. The van der Waals surface area contributed by atoms with Crippen molar-refractivity contribution in [3.8, 4) is 11.3 Å². The summed E-state index contributed by atoms with van der Waals surface area (Å²) in [6.07, 6.45) is 5.17. The maximum Gasteiger partial charge on any atom is 0.132 e. The fourth-order valence-corrected chi connectivity index (χ4v) is 1.98. The number of anilines is 1. The van der Waals surface area contributed by atoms with Gasteiger partial charge in [-0.15, -0.1) is 0 Å². The van der Waals surface area contributed by atoms with Crippen molar-refractivity contribution in [3.63, 3.8) is 0 Å². The minimum atomic E-state index is 0.756. The fraction of sp³-hybridized carbons (Fsp3) is 0.308. The quantitative estimate of drug-likeness (QED) is 0.796. The number of nitrogens with zero attached hydrogens (tertiary/aromatic N) is 4. The SMILES string of the molecule is c1cncc(-c2cc(N3CCOCC3)ncn2)c1. The van der Waals surface area contributed by atoms with E-state index in [9.17, 15) is 0 Å². The summed E-state index contributed by atoms with van der Waals surface area (Å²) in [5.74, 6) is 0.951. The molecule has 5 nitrogen and oxygen atoms in total. The van der Waals surface area contributed by atoms with Crippen molar-refractivity contribution >= 4 is 5.82 Å². The van der Waals surface area contributed by atoms with E-state index in [0.29, 0.717) is 0 Å². The molecule has 0 atom stereocenters. The lowest BCUT2D eigenvalue weighted by atomic mass is 10.2. The van der Waals surface area contributed by atoms with Gasteiger partial charge in [0.05, 0.1) is 18.9 Å². The van der Waals surface area contributed by atoms with Gasteiger partial charge < -0.3 is 9.64 Å². The molecule has 0 unspecified atom stereocenters. The Kier molecular flexibility index (Phi) is 3.14. The van der Waals surface area contributed by atoms with E-state index in [1.165, 1.54) is 0 Å². The first-order valence-corrected chi connectivity index (χ1v) is 5.98. The number of aromatic nitrogens is 3. The van der Waals surface area contributed by atoms with Crippen molar-refractivity contribution in [2.45, 2.75) is 0 Å². The summed E-state index contributed by atoms with van der Waals surface area (Å²) < 4.78 is 5.34. The summed E-state index contributed by atoms with van der Waals surface area (Å²) >= 11 is 0. The lowest BCUT2D eigenvalue weighted by Crippen LogP contribution is -2.36. The molecule has 5 heteroatoms. The molecule has 2 aromatic heterocycles. The zero-order valence-corrected chi connectivity index (χ0v) is 9.99. The molecule has 0 radical (unpaired) electrons. The van der Waals surface area contributed by atoms with E-state index in [1.807, 2.05) is 24.4 Å². The molecule has 2 aromatic rings. The second kappa shape index (κ2) is 5.10. The van der Waals surface area contributed by atoms with E-state index in [2.05, 4.69) is 19.9 Å². The summed E-state index contributed by atoms with van der Waals surface area (Å²) in [4.78, 5) is 14.9. The van der Waals surface area contributed by atoms with Crippen molar-refractivity contribution in [2.24, 2.45) is 0 Å². The standard InChI is InChI=1S/C13H14N4O/c1-2-11(9-14-3-1)12-8-13(16-10-15-12)17-4-6-18-7-5-17/h1-3,8-10H,4-7H2. The molecular formula is C13H14N4O. The first-order chi connectivity index (χ1) is 8.93. The highest BCUT2D eigenvalue weighted by atomic mass is 16.5. The third kappa shape index (κ3) is 2.31. The van der Waals surface area contributed by atoms with E-state index in [4.69, 9.17) is 4.74 Å². The molecule has 1 aliphatic heterocycles. The van der Waals surface area contributed by atoms with Gasteiger partial charge in [-0.05, 0) is 12.1 Å².